The Bertz CT molecular complexity index is 803. The molecular weight excluding hydrogens is 260 g/mol. The third-order valence-corrected chi connectivity index (χ3v) is 3.90. The molecule has 1 fully saturated rings. The Hall–Kier alpha value is -2.49. The van der Waals surface area contributed by atoms with E-state index < -0.39 is 0 Å². The van der Waals surface area contributed by atoms with Gasteiger partial charge >= 0.3 is 0 Å². The highest BCUT2D eigenvalue weighted by atomic mass is 15.0. The maximum atomic E-state index is 4.79. The molecule has 3 aromatic rings. The summed E-state index contributed by atoms with van der Waals surface area (Å²) in [6.07, 6.45) is 6.12. The van der Waals surface area contributed by atoms with Crippen LogP contribution in [0, 0.1) is 0 Å². The Kier molecular flexibility index (Phi) is 2.81. The standard InChI is InChI=1S/C17H16N4/c1-18-16-9-15(20-17(21-16)11-5-6-11)14-4-2-3-12-10-19-8-7-13(12)14/h2-4,7-11H,5-6H2,1H3,(H,18,20,21). The van der Waals surface area contributed by atoms with Crippen LogP contribution in [0.2, 0.25) is 0 Å². The minimum absolute atomic E-state index is 0.536. The van der Waals surface area contributed by atoms with Gasteiger partial charge in [0, 0.05) is 42.4 Å². The predicted molar refractivity (Wildman–Crippen MR) is 84.3 cm³/mol. The summed E-state index contributed by atoms with van der Waals surface area (Å²) in [4.78, 5) is 13.6. The van der Waals surface area contributed by atoms with Gasteiger partial charge in [-0.3, -0.25) is 4.98 Å². The number of aromatic nitrogens is 3. The van der Waals surface area contributed by atoms with Gasteiger partial charge in [-0.25, -0.2) is 9.97 Å². The second-order valence-corrected chi connectivity index (χ2v) is 5.42. The quantitative estimate of drug-likeness (QED) is 0.794. The lowest BCUT2D eigenvalue weighted by Gasteiger charge is -2.09. The molecule has 0 amide bonds. The van der Waals surface area contributed by atoms with Gasteiger partial charge in [-0.05, 0) is 24.3 Å². The van der Waals surface area contributed by atoms with Crippen molar-refractivity contribution in [3.05, 3.63) is 48.5 Å². The smallest absolute Gasteiger partial charge is 0.134 e. The van der Waals surface area contributed by atoms with Crippen molar-refractivity contribution in [1.29, 1.82) is 0 Å². The van der Waals surface area contributed by atoms with Gasteiger partial charge in [-0.2, -0.15) is 0 Å². The zero-order chi connectivity index (χ0) is 14.2. The lowest BCUT2D eigenvalue weighted by Crippen LogP contribution is -2.01. The summed E-state index contributed by atoms with van der Waals surface area (Å²) in [5, 5.41) is 5.45. The van der Waals surface area contributed by atoms with Crippen LogP contribution in [0.25, 0.3) is 22.0 Å². The fraction of sp³-hybridized carbons (Fsp3) is 0.235. The van der Waals surface area contributed by atoms with Crippen molar-refractivity contribution in [2.45, 2.75) is 18.8 Å². The maximum Gasteiger partial charge on any atom is 0.134 e. The van der Waals surface area contributed by atoms with Crippen LogP contribution < -0.4 is 5.32 Å². The van der Waals surface area contributed by atoms with Crippen LogP contribution in [0.4, 0.5) is 5.82 Å². The largest absolute Gasteiger partial charge is 0.373 e. The van der Waals surface area contributed by atoms with Crippen molar-refractivity contribution in [1.82, 2.24) is 15.0 Å². The molecule has 1 aromatic carbocycles. The second-order valence-electron chi connectivity index (χ2n) is 5.42. The molecular formula is C17H16N4. The van der Waals surface area contributed by atoms with E-state index in [1.54, 1.807) is 0 Å². The van der Waals surface area contributed by atoms with Gasteiger partial charge in [0.15, 0.2) is 0 Å². The van der Waals surface area contributed by atoms with Crippen LogP contribution in [0.5, 0.6) is 0 Å². The lowest BCUT2D eigenvalue weighted by molar-refractivity contribution is 0.933. The van der Waals surface area contributed by atoms with Gasteiger partial charge in [0.05, 0.1) is 5.69 Å². The molecule has 0 unspecified atom stereocenters. The fourth-order valence-corrected chi connectivity index (χ4v) is 2.60. The van der Waals surface area contributed by atoms with Crippen LogP contribution in [0.15, 0.2) is 42.7 Å². The van der Waals surface area contributed by atoms with Crippen molar-refractivity contribution in [2.75, 3.05) is 12.4 Å². The molecule has 1 saturated carbocycles. The van der Waals surface area contributed by atoms with E-state index in [1.165, 1.54) is 18.2 Å². The van der Waals surface area contributed by atoms with E-state index in [1.807, 2.05) is 31.6 Å². The molecule has 0 spiro atoms. The molecule has 4 heteroatoms. The van der Waals surface area contributed by atoms with E-state index in [9.17, 15) is 0 Å². The molecule has 0 saturated heterocycles. The highest BCUT2D eigenvalue weighted by Gasteiger charge is 2.27. The minimum atomic E-state index is 0.536. The first-order valence-corrected chi connectivity index (χ1v) is 7.25. The molecule has 0 atom stereocenters. The Morgan fingerprint density at radius 1 is 1.14 bits per heavy atom. The molecule has 0 bridgehead atoms. The van der Waals surface area contributed by atoms with Crippen LogP contribution in [0.3, 0.4) is 0 Å². The number of pyridine rings is 1. The second kappa shape index (κ2) is 4.81. The monoisotopic (exact) mass is 276 g/mol. The van der Waals surface area contributed by atoms with Gasteiger partial charge in [-0.1, -0.05) is 18.2 Å². The van der Waals surface area contributed by atoms with Gasteiger partial charge < -0.3 is 5.32 Å². The summed E-state index contributed by atoms with van der Waals surface area (Å²) in [5.41, 5.74) is 2.11. The van der Waals surface area contributed by atoms with Crippen molar-refractivity contribution in [3.8, 4) is 11.3 Å². The van der Waals surface area contributed by atoms with E-state index in [0.717, 1.165) is 28.3 Å². The normalized spacial score (nSPS) is 14.3. The van der Waals surface area contributed by atoms with E-state index in [-0.39, 0.29) is 0 Å². The summed E-state index contributed by atoms with van der Waals surface area (Å²) >= 11 is 0. The Morgan fingerprint density at radius 3 is 2.86 bits per heavy atom. The first kappa shape index (κ1) is 12.3. The first-order chi connectivity index (χ1) is 10.3. The van der Waals surface area contributed by atoms with Crippen LogP contribution in [-0.2, 0) is 0 Å². The number of rotatable bonds is 3. The number of benzene rings is 1. The number of nitrogens with one attached hydrogen (secondary N) is 1. The van der Waals surface area contributed by atoms with Crippen LogP contribution in [-0.4, -0.2) is 22.0 Å². The van der Waals surface area contributed by atoms with E-state index >= 15 is 0 Å². The van der Waals surface area contributed by atoms with E-state index in [0.29, 0.717) is 5.92 Å². The van der Waals surface area contributed by atoms with Crippen molar-refractivity contribution < 1.29 is 0 Å². The van der Waals surface area contributed by atoms with Crippen molar-refractivity contribution >= 4 is 16.6 Å². The summed E-state index contributed by atoms with van der Waals surface area (Å²) < 4.78 is 0. The Labute approximate surface area is 123 Å². The zero-order valence-electron chi connectivity index (χ0n) is 11.9. The molecule has 2 aromatic heterocycles. The number of hydrogen-bond donors (Lipinski definition) is 1. The Morgan fingerprint density at radius 2 is 2.05 bits per heavy atom. The van der Waals surface area contributed by atoms with Gasteiger partial charge in [-0.15, -0.1) is 0 Å². The van der Waals surface area contributed by atoms with Crippen LogP contribution in [0.1, 0.15) is 24.6 Å². The molecule has 21 heavy (non-hydrogen) atoms. The molecule has 4 rings (SSSR count). The fourth-order valence-electron chi connectivity index (χ4n) is 2.60. The molecule has 1 N–H and O–H groups in total. The summed E-state index contributed by atoms with van der Waals surface area (Å²) in [6.45, 7) is 0. The van der Waals surface area contributed by atoms with E-state index in [2.05, 4.69) is 33.5 Å². The summed E-state index contributed by atoms with van der Waals surface area (Å²) in [6, 6.07) is 10.3. The minimum Gasteiger partial charge on any atom is -0.373 e. The number of nitrogens with zero attached hydrogens (tertiary/aromatic N) is 3. The summed E-state index contributed by atoms with van der Waals surface area (Å²) in [7, 11) is 1.90. The topological polar surface area (TPSA) is 50.7 Å². The molecule has 0 aliphatic heterocycles. The highest BCUT2D eigenvalue weighted by Crippen LogP contribution is 2.39. The molecule has 1 aliphatic carbocycles. The van der Waals surface area contributed by atoms with E-state index in [4.69, 9.17) is 4.98 Å². The Balaban J connectivity index is 1.93. The summed E-state index contributed by atoms with van der Waals surface area (Å²) in [5.74, 6) is 2.38. The maximum absolute atomic E-state index is 4.79. The number of fused-ring (bicyclic) bond motifs is 1. The molecule has 104 valence electrons. The SMILES string of the molecule is CNc1cc(-c2cccc3cnccc23)nc(C2CC2)n1. The van der Waals surface area contributed by atoms with Gasteiger partial charge in [0.1, 0.15) is 11.6 Å². The highest BCUT2D eigenvalue weighted by molar-refractivity contribution is 5.95. The third kappa shape index (κ3) is 2.23. The molecule has 0 radical (unpaired) electrons. The van der Waals surface area contributed by atoms with Crippen LogP contribution >= 0.6 is 0 Å². The van der Waals surface area contributed by atoms with Crippen molar-refractivity contribution in [2.24, 2.45) is 0 Å². The lowest BCUT2D eigenvalue weighted by atomic mass is 10.0. The molecule has 1 aliphatic rings. The van der Waals surface area contributed by atoms with Gasteiger partial charge in [0.25, 0.3) is 0 Å². The first-order valence-electron chi connectivity index (χ1n) is 7.25. The van der Waals surface area contributed by atoms with Gasteiger partial charge in [0.2, 0.25) is 0 Å². The molecule has 2 heterocycles. The average Bonchev–Trinajstić information content (AvgIpc) is 3.39. The number of hydrogen-bond acceptors (Lipinski definition) is 4. The zero-order valence-corrected chi connectivity index (χ0v) is 11.9. The predicted octanol–water partition coefficient (Wildman–Crippen LogP) is 3.61. The third-order valence-electron chi connectivity index (χ3n) is 3.90. The molecule has 4 nitrogen and oxygen atoms in total. The average molecular weight is 276 g/mol. The number of anilines is 1. The van der Waals surface area contributed by atoms with Crippen molar-refractivity contribution in [3.63, 3.8) is 0 Å².